The number of amides is 1. The molecule has 0 saturated carbocycles. The van der Waals surface area contributed by atoms with Gasteiger partial charge in [-0.1, -0.05) is 30.3 Å². The number of rotatable bonds is 5. The van der Waals surface area contributed by atoms with Crippen LogP contribution >= 0.6 is 0 Å². The smallest absolute Gasteiger partial charge is 0.255 e. The maximum Gasteiger partial charge on any atom is 0.255 e. The van der Waals surface area contributed by atoms with Gasteiger partial charge in [0.2, 0.25) is 0 Å². The molecule has 148 valence electrons. The van der Waals surface area contributed by atoms with Crippen LogP contribution in [0.1, 0.15) is 20.7 Å². The van der Waals surface area contributed by atoms with E-state index in [1.165, 1.54) is 13.2 Å². The molecule has 6 nitrogen and oxygen atoms in total. The van der Waals surface area contributed by atoms with Crippen LogP contribution in [0.3, 0.4) is 0 Å². The van der Waals surface area contributed by atoms with E-state index in [1.54, 1.807) is 42.6 Å². The van der Waals surface area contributed by atoms with Gasteiger partial charge in [-0.05, 0) is 48.0 Å². The summed E-state index contributed by atoms with van der Waals surface area (Å²) in [6, 6.07) is 20.8. The van der Waals surface area contributed by atoms with Crippen LogP contribution in [0.2, 0.25) is 0 Å². The number of ether oxygens (including phenoxy) is 1. The molecule has 4 rings (SSSR count). The monoisotopic (exact) mass is 397 g/mol. The molecule has 0 bridgehead atoms. The van der Waals surface area contributed by atoms with E-state index in [4.69, 9.17) is 4.74 Å². The number of carboxylic acids is 1. The highest BCUT2D eigenvalue weighted by molar-refractivity contribution is 6.08. The van der Waals surface area contributed by atoms with Crippen LogP contribution in [-0.4, -0.2) is 24.0 Å². The highest BCUT2D eigenvalue weighted by Crippen LogP contribution is 2.30. The fourth-order valence-electron chi connectivity index (χ4n) is 3.26. The number of nitrogens with zero attached hydrogens (tertiary/aromatic N) is 1. The van der Waals surface area contributed by atoms with E-state index in [0.717, 1.165) is 16.5 Å². The molecule has 4 aromatic rings. The Morgan fingerprint density at radius 1 is 0.967 bits per heavy atom. The van der Waals surface area contributed by atoms with Crippen molar-refractivity contribution in [2.24, 2.45) is 0 Å². The van der Waals surface area contributed by atoms with Crippen molar-refractivity contribution in [2.75, 3.05) is 12.4 Å². The van der Waals surface area contributed by atoms with Crippen molar-refractivity contribution in [3.8, 4) is 16.9 Å². The standard InChI is InChI=1S/C24H18N2O4/c1-30-18-10-7-16(8-11-18)23(27)26-21-12-9-17(14-20(21)24(28)29)19-6-2-4-15-5-3-13-25-22(15)19/h2-14H,1H3,(H,26,27)(H,28,29)/p-1. The van der Waals surface area contributed by atoms with E-state index >= 15 is 0 Å². The summed E-state index contributed by atoms with van der Waals surface area (Å²) in [5.41, 5.74) is 2.65. The minimum atomic E-state index is -1.38. The first-order valence-electron chi connectivity index (χ1n) is 9.22. The number of carbonyl (C=O) groups excluding carboxylic acids is 2. The van der Waals surface area contributed by atoms with E-state index in [0.29, 0.717) is 16.9 Å². The Morgan fingerprint density at radius 3 is 2.47 bits per heavy atom. The minimum absolute atomic E-state index is 0.109. The SMILES string of the molecule is COc1ccc(C(=O)Nc2ccc(-c3cccc4cccnc34)cc2C(=O)[O-])cc1. The highest BCUT2D eigenvalue weighted by atomic mass is 16.5. The number of hydrogen-bond donors (Lipinski definition) is 1. The Bertz CT molecular complexity index is 1240. The van der Waals surface area contributed by atoms with Gasteiger partial charge in [-0.25, -0.2) is 0 Å². The molecule has 1 heterocycles. The molecule has 0 radical (unpaired) electrons. The van der Waals surface area contributed by atoms with Crippen molar-refractivity contribution < 1.29 is 19.4 Å². The predicted molar refractivity (Wildman–Crippen MR) is 112 cm³/mol. The van der Waals surface area contributed by atoms with Gasteiger partial charge in [0.1, 0.15) is 5.75 Å². The molecule has 1 aromatic heterocycles. The molecule has 0 unspecified atom stereocenters. The lowest BCUT2D eigenvalue weighted by Crippen LogP contribution is -2.25. The molecular weight excluding hydrogens is 380 g/mol. The number of carbonyl (C=O) groups is 2. The van der Waals surface area contributed by atoms with E-state index in [-0.39, 0.29) is 11.3 Å². The zero-order valence-electron chi connectivity index (χ0n) is 16.1. The first-order valence-corrected chi connectivity index (χ1v) is 9.22. The average Bonchev–Trinajstić information content (AvgIpc) is 2.79. The van der Waals surface area contributed by atoms with E-state index in [2.05, 4.69) is 10.3 Å². The lowest BCUT2D eigenvalue weighted by Gasteiger charge is -2.15. The van der Waals surface area contributed by atoms with Gasteiger partial charge in [-0.3, -0.25) is 9.78 Å². The maximum absolute atomic E-state index is 12.5. The summed E-state index contributed by atoms with van der Waals surface area (Å²) >= 11 is 0. The van der Waals surface area contributed by atoms with Crippen LogP contribution in [0.15, 0.2) is 79.0 Å². The molecule has 3 aromatic carbocycles. The molecule has 1 N–H and O–H groups in total. The Balaban J connectivity index is 1.70. The number of aromatic carboxylic acids is 1. The number of anilines is 1. The summed E-state index contributed by atoms with van der Waals surface area (Å²) in [7, 11) is 1.54. The van der Waals surface area contributed by atoms with Crippen molar-refractivity contribution in [1.29, 1.82) is 0 Å². The zero-order chi connectivity index (χ0) is 21.1. The minimum Gasteiger partial charge on any atom is -0.545 e. The van der Waals surface area contributed by atoms with Crippen molar-refractivity contribution in [3.63, 3.8) is 0 Å². The van der Waals surface area contributed by atoms with Gasteiger partial charge < -0.3 is 20.0 Å². The molecule has 0 aliphatic heterocycles. The van der Waals surface area contributed by atoms with Gasteiger partial charge in [0.05, 0.1) is 24.3 Å². The molecule has 1 amide bonds. The van der Waals surface area contributed by atoms with E-state index < -0.39 is 11.9 Å². The van der Waals surface area contributed by atoms with E-state index in [9.17, 15) is 14.7 Å². The van der Waals surface area contributed by atoms with Gasteiger partial charge in [-0.15, -0.1) is 0 Å². The molecule has 0 aliphatic rings. The van der Waals surface area contributed by atoms with Crippen LogP contribution in [0.25, 0.3) is 22.0 Å². The van der Waals surface area contributed by atoms with E-state index in [1.807, 2.05) is 30.3 Å². The average molecular weight is 397 g/mol. The number of para-hydroxylation sites is 1. The number of aromatic nitrogens is 1. The molecule has 0 aliphatic carbocycles. The summed E-state index contributed by atoms with van der Waals surface area (Å²) < 4.78 is 5.08. The van der Waals surface area contributed by atoms with Crippen molar-refractivity contribution in [3.05, 3.63) is 90.1 Å². The second-order valence-corrected chi connectivity index (χ2v) is 6.61. The van der Waals surface area contributed by atoms with Gasteiger partial charge in [0.15, 0.2) is 0 Å². The quantitative estimate of drug-likeness (QED) is 0.556. The molecular formula is C24H17N2O4-. The number of hydrogen-bond acceptors (Lipinski definition) is 5. The number of benzene rings is 3. The largest absolute Gasteiger partial charge is 0.545 e. The van der Waals surface area contributed by atoms with Gasteiger partial charge in [-0.2, -0.15) is 0 Å². The lowest BCUT2D eigenvalue weighted by atomic mass is 9.99. The first-order chi connectivity index (χ1) is 14.6. The Morgan fingerprint density at radius 2 is 1.73 bits per heavy atom. The zero-order valence-corrected chi connectivity index (χ0v) is 16.1. The third-order valence-corrected chi connectivity index (χ3v) is 4.78. The number of nitrogens with one attached hydrogen (secondary N) is 1. The van der Waals surface area contributed by atoms with Gasteiger partial charge in [0.25, 0.3) is 5.91 Å². The lowest BCUT2D eigenvalue weighted by molar-refractivity contribution is -0.254. The summed E-state index contributed by atoms with van der Waals surface area (Å²) in [6.45, 7) is 0. The number of fused-ring (bicyclic) bond motifs is 1. The van der Waals surface area contributed by atoms with Crippen LogP contribution in [0.4, 0.5) is 5.69 Å². The Hall–Kier alpha value is -4.19. The Kier molecular flexibility index (Phi) is 5.13. The second kappa shape index (κ2) is 8.05. The fraction of sp³-hybridized carbons (Fsp3) is 0.0417. The van der Waals surface area contributed by atoms with Crippen LogP contribution in [0, 0.1) is 0 Å². The summed E-state index contributed by atoms with van der Waals surface area (Å²) in [4.78, 5) is 28.7. The van der Waals surface area contributed by atoms with Gasteiger partial charge >= 0.3 is 0 Å². The third kappa shape index (κ3) is 3.71. The molecule has 30 heavy (non-hydrogen) atoms. The van der Waals surface area contributed by atoms with Crippen molar-refractivity contribution in [2.45, 2.75) is 0 Å². The van der Waals surface area contributed by atoms with Crippen molar-refractivity contribution >= 4 is 28.5 Å². The topological polar surface area (TPSA) is 91.3 Å². The number of methoxy groups -OCH3 is 1. The third-order valence-electron chi connectivity index (χ3n) is 4.78. The normalized spacial score (nSPS) is 10.6. The number of pyridine rings is 1. The first kappa shape index (κ1) is 19.1. The summed E-state index contributed by atoms with van der Waals surface area (Å²) in [5, 5.41) is 15.4. The summed E-state index contributed by atoms with van der Waals surface area (Å²) in [5.74, 6) is -1.19. The van der Waals surface area contributed by atoms with Gasteiger partial charge in [0, 0.05) is 28.3 Å². The Labute approximate surface area is 172 Å². The predicted octanol–water partition coefficient (Wildman–Crippen LogP) is 3.53. The molecule has 0 fully saturated rings. The molecule has 0 spiro atoms. The molecule has 6 heteroatoms. The van der Waals surface area contributed by atoms with Crippen LogP contribution < -0.4 is 15.2 Å². The second-order valence-electron chi connectivity index (χ2n) is 6.61. The van der Waals surface area contributed by atoms with Crippen molar-refractivity contribution in [1.82, 2.24) is 4.98 Å². The summed E-state index contributed by atoms with van der Waals surface area (Å²) in [6.07, 6.45) is 1.69. The maximum atomic E-state index is 12.5. The number of carboxylic acid groups (broad SMARTS) is 1. The highest BCUT2D eigenvalue weighted by Gasteiger charge is 2.13. The van der Waals surface area contributed by atoms with Crippen LogP contribution in [-0.2, 0) is 0 Å². The van der Waals surface area contributed by atoms with Crippen LogP contribution in [0.5, 0.6) is 5.75 Å². The molecule has 0 atom stereocenters. The molecule has 0 saturated heterocycles. The fourth-order valence-corrected chi connectivity index (χ4v) is 3.26.